The summed E-state index contributed by atoms with van der Waals surface area (Å²) in [5.74, 6) is 0.903. The van der Waals surface area contributed by atoms with E-state index in [4.69, 9.17) is 0 Å². The first-order valence-corrected chi connectivity index (χ1v) is 12.4. The van der Waals surface area contributed by atoms with Crippen LogP contribution in [0.4, 0.5) is 0 Å². The van der Waals surface area contributed by atoms with Crippen LogP contribution in [0, 0.1) is 0 Å². The molecule has 4 aromatic rings. The highest BCUT2D eigenvalue weighted by molar-refractivity contribution is 7.84. The van der Waals surface area contributed by atoms with Crippen LogP contribution in [0.2, 0.25) is 0 Å². The van der Waals surface area contributed by atoms with E-state index in [0.29, 0.717) is 11.5 Å². The van der Waals surface area contributed by atoms with Crippen LogP contribution in [-0.4, -0.2) is 8.42 Å². The summed E-state index contributed by atoms with van der Waals surface area (Å²) in [5, 5.41) is 0. The maximum Gasteiger partial charge on any atom is 0.0580 e. The number of rotatable bonds is 7. The van der Waals surface area contributed by atoms with Gasteiger partial charge in [0.2, 0.25) is 0 Å². The van der Waals surface area contributed by atoms with Gasteiger partial charge in [-0.2, -0.15) is 0 Å². The molecule has 0 radical (unpaired) electrons. The number of hydrogen-bond donors (Lipinski definition) is 0. The fourth-order valence-corrected chi connectivity index (χ4v) is 5.99. The molecule has 2 unspecified atom stereocenters. The average molecular weight is 431 g/mol. The molecule has 0 heterocycles. The second-order valence-electron chi connectivity index (χ2n) is 6.94. The van der Waals surface area contributed by atoms with Gasteiger partial charge < -0.3 is 0 Å². The Balaban J connectivity index is 1.68. The average Bonchev–Trinajstić information content (AvgIpc) is 2.80. The Bertz CT molecular complexity index is 1080. The quantitative estimate of drug-likeness (QED) is 0.362. The van der Waals surface area contributed by atoms with E-state index in [0.717, 1.165) is 32.0 Å². The molecule has 150 valence electrons. The highest BCUT2D eigenvalue weighted by Crippen LogP contribution is 2.32. The molecule has 4 heteroatoms. The van der Waals surface area contributed by atoms with Gasteiger partial charge in [-0.15, -0.1) is 0 Å². The predicted octanol–water partition coefficient (Wildman–Crippen LogP) is 5.97. The van der Waals surface area contributed by atoms with Crippen LogP contribution >= 0.6 is 0 Å². The maximum absolute atomic E-state index is 13.2. The summed E-state index contributed by atoms with van der Waals surface area (Å²) < 4.78 is 26.4. The standard InChI is InChI=1S/C26H22O2S2/c27-29(19-21-11-3-1-4-12-21)25-17-9-7-15-23(25)24-16-8-10-18-26(24)30(28)20-22-13-5-2-6-14-22/h1-18H,19-20H2. The summed E-state index contributed by atoms with van der Waals surface area (Å²) in [7, 11) is -2.41. The van der Waals surface area contributed by atoms with E-state index in [-0.39, 0.29) is 0 Å². The summed E-state index contributed by atoms with van der Waals surface area (Å²) in [4.78, 5) is 1.54. The van der Waals surface area contributed by atoms with Crippen molar-refractivity contribution < 1.29 is 8.42 Å². The third kappa shape index (κ3) is 4.84. The Morgan fingerprint density at radius 3 is 1.17 bits per heavy atom. The molecule has 0 aliphatic rings. The van der Waals surface area contributed by atoms with Gasteiger partial charge in [0, 0.05) is 9.79 Å². The van der Waals surface area contributed by atoms with Gasteiger partial charge in [0.15, 0.2) is 0 Å². The maximum atomic E-state index is 13.2. The Morgan fingerprint density at radius 1 is 0.433 bits per heavy atom. The fourth-order valence-electron chi connectivity index (χ4n) is 3.38. The molecule has 0 saturated carbocycles. The van der Waals surface area contributed by atoms with Gasteiger partial charge >= 0.3 is 0 Å². The van der Waals surface area contributed by atoms with E-state index in [1.54, 1.807) is 0 Å². The molecule has 30 heavy (non-hydrogen) atoms. The van der Waals surface area contributed by atoms with Crippen molar-refractivity contribution in [3.8, 4) is 11.1 Å². The van der Waals surface area contributed by atoms with Crippen LogP contribution < -0.4 is 0 Å². The first-order valence-electron chi connectivity index (χ1n) is 9.75. The van der Waals surface area contributed by atoms with Gasteiger partial charge in [-0.1, -0.05) is 97.1 Å². The zero-order valence-electron chi connectivity index (χ0n) is 16.4. The molecular weight excluding hydrogens is 408 g/mol. The van der Waals surface area contributed by atoms with Crippen molar-refractivity contribution in [1.82, 2.24) is 0 Å². The Hall–Kier alpha value is -2.82. The van der Waals surface area contributed by atoms with Crippen molar-refractivity contribution in [1.29, 1.82) is 0 Å². The van der Waals surface area contributed by atoms with Gasteiger partial charge in [0.05, 0.1) is 33.1 Å². The molecule has 0 amide bonds. The zero-order chi connectivity index (χ0) is 20.8. The highest BCUT2D eigenvalue weighted by atomic mass is 32.2. The number of benzene rings is 4. The van der Waals surface area contributed by atoms with E-state index < -0.39 is 21.6 Å². The zero-order valence-corrected chi connectivity index (χ0v) is 18.1. The lowest BCUT2D eigenvalue weighted by Gasteiger charge is -2.14. The minimum Gasteiger partial charge on any atom is -0.254 e. The van der Waals surface area contributed by atoms with Crippen LogP contribution in [-0.2, 0) is 33.1 Å². The van der Waals surface area contributed by atoms with Crippen LogP contribution in [0.25, 0.3) is 11.1 Å². The van der Waals surface area contributed by atoms with Gasteiger partial charge in [0.25, 0.3) is 0 Å². The third-order valence-electron chi connectivity index (χ3n) is 4.84. The molecule has 0 aliphatic carbocycles. The summed E-state index contributed by atoms with van der Waals surface area (Å²) in [5.41, 5.74) is 3.82. The van der Waals surface area contributed by atoms with Gasteiger partial charge in [0.1, 0.15) is 0 Å². The van der Waals surface area contributed by atoms with Crippen molar-refractivity contribution in [2.75, 3.05) is 0 Å². The Kier molecular flexibility index (Phi) is 6.67. The molecule has 0 bridgehead atoms. The van der Waals surface area contributed by atoms with Crippen molar-refractivity contribution >= 4 is 21.6 Å². The van der Waals surface area contributed by atoms with Gasteiger partial charge in [-0.05, 0) is 34.4 Å². The molecule has 2 nitrogen and oxygen atoms in total. The molecule has 4 aromatic carbocycles. The molecule has 0 spiro atoms. The van der Waals surface area contributed by atoms with Crippen molar-refractivity contribution in [2.45, 2.75) is 21.3 Å². The minimum atomic E-state index is -1.20. The van der Waals surface area contributed by atoms with Gasteiger partial charge in [-0.3, -0.25) is 8.42 Å². The van der Waals surface area contributed by atoms with E-state index in [2.05, 4.69) is 0 Å². The second-order valence-corrected chi connectivity index (χ2v) is 9.78. The summed E-state index contributed by atoms with van der Waals surface area (Å²) in [6.07, 6.45) is 0. The topological polar surface area (TPSA) is 34.1 Å². The lowest BCUT2D eigenvalue weighted by atomic mass is 10.1. The second kappa shape index (κ2) is 9.79. The highest BCUT2D eigenvalue weighted by Gasteiger charge is 2.17. The SMILES string of the molecule is O=S(Cc1ccccc1)c1ccccc1-c1ccccc1S(=O)Cc1ccccc1. The first kappa shape index (κ1) is 20.5. The molecule has 2 atom stereocenters. The number of hydrogen-bond acceptors (Lipinski definition) is 2. The first-order chi connectivity index (χ1) is 14.7. The normalized spacial score (nSPS) is 12.9. The predicted molar refractivity (Wildman–Crippen MR) is 125 cm³/mol. The van der Waals surface area contributed by atoms with Crippen LogP contribution in [0.5, 0.6) is 0 Å². The van der Waals surface area contributed by atoms with E-state index in [1.807, 2.05) is 109 Å². The van der Waals surface area contributed by atoms with E-state index in [1.165, 1.54) is 0 Å². The van der Waals surface area contributed by atoms with Crippen molar-refractivity contribution in [3.05, 3.63) is 120 Å². The third-order valence-corrected chi connectivity index (χ3v) is 7.72. The molecule has 0 N–H and O–H groups in total. The van der Waals surface area contributed by atoms with Gasteiger partial charge in [-0.25, -0.2) is 0 Å². The largest absolute Gasteiger partial charge is 0.254 e. The monoisotopic (exact) mass is 430 g/mol. The molecule has 4 rings (SSSR count). The molecular formula is C26H22O2S2. The van der Waals surface area contributed by atoms with E-state index >= 15 is 0 Å². The van der Waals surface area contributed by atoms with Crippen LogP contribution in [0.3, 0.4) is 0 Å². The lowest BCUT2D eigenvalue weighted by Crippen LogP contribution is -2.02. The molecule has 0 aliphatic heterocycles. The molecule has 0 fully saturated rings. The Labute approximate surface area is 182 Å². The smallest absolute Gasteiger partial charge is 0.0580 e. The Morgan fingerprint density at radius 2 is 0.767 bits per heavy atom. The summed E-state index contributed by atoms with van der Waals surface area (Å²) >= 11 is 0. The summed E-state index contributed by atoms with van der Waals surface area (Å²) in [6, 6.07) is 35.2. The van der Waals surface area contributed by atoms with Crippen molar-refractivity contribution in [3.63, 3.8) is 0 Å². The lowest BCUT2D eigenvalue weighted by molar-refractivity contribution is 0.681. The van der Waals surface area contributed by atoms with Crippen LogP contribution in [0.15, 0.2) is 119 Å². The fraction of sp³-hybridized carbons (Fsp3) is 0.0769. The van der Waals surface area contributed by atoms with E-state index in [9.17, 15) is 8.42 Å². The van der Waals surface area contributed by atoms with Crippen LogP contribution in [0.1, 0.15) is 11.1 Å². The minimum absolute atomic E-state index is 0.452. The summed E-state index contributed by atoms with van der Waals surface area (Å²) in [6.45, 7) is 0. The molecule has 0 saturated heterocycles. The van der Waals surface area contributed by atoms with Crippen molar-refractivity contribution in [2.24, 2.45) is 0 Å². The molecule has 0 aromatic heterocycles.